The molecule has 2 aromatic heterocycles. The summed E-state index contributed by atoms with van der Waals surface area (Å²) in [5.74, 6) is 2.33. The summed E-state index contributed by atoms with van der Waals surface area (Å²) in [7, 11) is 0. The SMILES string of the molecule is O=C(C1CC1)N1CCC[C@H](Nc2nccc(-n3c(-c4ccc(Cl)c(Cl)c4)nc4cc(O)ccc43)n2)C1. The molecule has 2 aliphatic rings. The molecule has 2 aromatic carbocycles. The van der Waals surface area contributed by atoms with Crippen LogP contribution in [0.15, 0.2) is 48.7 Å². The van der Waals surface area contributed by atoms with Crippen LogP contribution in [0.3, 0.4) is 0 Å². The van der Waals surface area contributed by atoms with Crippen molar-refractivity contribution in [1.29, 1.82) is 0 Å². The first-order valence-electron chi connectivity index (χ1n) is 12.0. The van der Waals surface area contributed by atoms with Gasteiger partial charge in [0, 0.05) is 42.9 Å². The third-order valence-electron chi connectivity index (χ3n) is 6.68. The van der Waals surface area contributed by atoms with Crippen LogP contribution < -0.4 is 5.32 Å². The molecule has 2 N–H and O–H groups in total. The number of imidazole rings is 1. The molecule has 1 aliphatic heterocycles. The molecule has 1 amide bonds. The fraction of sp³-hybridized carbons (Fsp3) is 0.308. The smallest absolute Gasteiger partial charge is 0.225 e. The number of piperidine rings is 1. The van der Waals surface area contributed by atoms with E-state index in [1.807, 2.05) is 21.6 Å². The molecule has 6 rings (SSSR count). The summed E-state index contributed by atoms with van der Waals surface area (Å²) < 4.78 is 1.91. The maximum atomic E-state index is 12.6. The second-order valence-electron chi connectivity index (χ2n) is 9.35. The van der Waals surface area contributed by atoms with E-state index in [2.05, 4.69) is 10.3 Å². The van der Waals surface area contributed by atoms with Gasteiger partial charge in [-0.3, -0.25) is 9.36 Å². The number of likely N-dealkylation sites (tertiary alicyclic amines) is 1. The second kappa shape index (κ2) is 9.26. The largest absolute Gasteiger partial charge is 0.508 e. The number of amides is 1. The maximum absolute atomic E-state index is 12.6. The topological polar surface area (TPSA) is 96.2 Å². The Balaban J connectivity index is 1.35. The summed E-state index contributed by atoms with van der Waals surface area (Å²) in [4.78, 5) is 28.5. The van der Waals surface area contributed by atoms with Gasteiger partial charge in [-0.1, -0.05) is 23.2 Å². The molecule has 36 heavy (non-hydrogen) atoms. The number of carbonyl (C=O) groups is 1. The molecular weight excluding hydrogens is 499 g/mol. The average molecular weight is 523 g/mol. The van der Waals surface area contributed by atoms with Crippen molar-refractivity contribution >= 4 is 46.1 Å². The number of benzene rings is 2. The molecule has 0 radical (unpaired) electrons. The monoisotopic (exact) mass is 522 g/mol. The third-order valence-corrected chi connectivity index (χ3v) is 7.42. The molecule has 1 aliphatic carbocycles. The molecule has 0 unspecified atom stereocenters. The summed E-state index contributed by atoms with van der Waals surface area (Å²) >= 11 is 12.4. The van der Waals surface area contributed by atoms with Crippen LogP contribution in [0.4, 0.5) is 5.95 Å². The molecule has 184 valence electrons. The molecule has 10 heteroatoms. The van der Waals surface area contributed by atoms with Gasteiger partial charge in [0.1, 0.15) is 17.4 Å². The number of halogens is 2. The van der Waals surface area contributed by atoms with Crippen LogP contribution in [-0.4, -0.2) is 54.6 Å². The predicted octanol–water partition coefficient (Wildman–Crippen LogP) is 5.31. The Labute approximate surface area is 217 Å². The van der Waals surface area contributed by atoms with Crippen molar-refractivity contribution in [2.75, 3.05) is 18.4 Å². The highest BCUT2D eigenvalue weighted by molar-refractivity contribution is 6.42. The minimum absolute atomic E-state index is 0.0859. The van der Waals surface area contributed by atoms with Crippen LogP contribution in [0, 0.1) is 5.92 Å². The predicted molar refractivity (Wildman–Crippen MR) is 140 cm³/mol. The first-order chi connectivity index (χ1) is 17.5. The van der Waals surface area contributed by atoms with Gasteiger partial charge in [-0.15, -0.1) is 0 Å². The van der Waals surface area contributed by atoms with Crippen LogP contribution in [0.2, 0.25) is 10.0 Å². The average Bonchev–Trinajstić information content (AvgIpc) is 3.66. The Bertz CT molecular complexity index is 1470. The molecule has 3 heterocycles. The molecule has 2 fully saturated rings. The lowest BCUT2D eigenvalue weighted by atomic mass is 10.1. The number of carbonyl (C=O) groups excluding carboxylic acids is 1. The van der Waals surface area contributed by atoms with Gasteiger partial charge >= 0.3 is 0 Å². The number of hydrogen-bond donors (Lipinski definition) is 2. The van der Waals surface area contributed by atoms with Crippen molar-refractivity contribution in [2.45, 2.75) is 31.7 Å². The molecular formula is C26H24Cl2N6O2. The standard InChI is InChI=1S/C26H24Cl2N6O2/c27-19-7-5-16(12-20(19)28)24-31-21-13-18(35)6-8-22(21)34(24)23-9-10-29-26(32-23)30-17-2-1-11-33(14-17)25(36)15-3-4-15/h5-10,12-13,15,17,35H,1-4,11,14H2,(H,29,30,32)/t17-/m0/s1. The van der Waals surface area contributed by atoms with Crippen LogP contribution in [0.1, 0.15) is 25.7 Å². The maximum Gasteiger partial charge on any atom is 0.225 e. The summed E-state index contributed by atoms with van der Waals surface area (Å²) in [5.41, 5.74) is 2.15. The van der Waals surface area contributed by atoms with E-state index in [1.54, 1.807) is 36.5 Å². The van der Waals surface area contributed by atoms with Gasteiger partial charge in [-0.2, -0.15) is 4.98 Å². The lowest BCUT2D eigenvalue weighted by Crippen LogP contribution is -2.45. The van der Waals surface area contributed by atoms with Gasteiger partial charge in [0.2, 0.25) is 11.9 Å². The Morgan fingerprint density at radius 3 is 2.69 bits per heavy atom. The molecule has 0 spiro atoms. The number of nitrogens with zero attached hydrogens (tertiary/aromatic N) is 5. The van der Waals surface area contributed by atoms with Crippen molar-refractivity contribution in [3.8, 4) is 23.0 Å². The highest BCUT2D eigenvalue weighted by atomic mass is 35.5. The van der Waals surface area contributed by atoms with Crippen molar-refractivity contribution in [3.63, 3.8) is 0 Å². The van der Waals surface area contributed by atoms with Gasteiger partial charge in [0.15, 0.2) is 0 Å². The summed E-state index contributed by atoms with van der Waals surface area (Å²) in [6, 6.07) is 12.3. The van der Waals surface area contributed by atoms with E-state index in [4.69, 9.17) is 33.2 Å². The fourth-order valence-electron chi connectivity index (χ4n) is 4.74. The molecule has 0 bridgehead atoms. The Morgan fingerprint density at radius 2 is 1.89 bits per heavy atom. The summed E-state index contributed by atoms with van der Waals surface area (Å²) in [5, 5.41) is 14.3. The number of rotatable bonds is 5. The van der Waals surface area contributed by atoms with Gasteiger partial charge in [0.25, 0.3) is 0 Å². The van der Waals surface area contributed by atoms with E-state index in [0.29, 0.717) is 39.7 Å². The van der Waals surface area contributed by atoms with E-state index in [9.17, 15) is 9.90 Å². The van der Waals surface area contributed by atoms with E-state index < -0.39 is 0 Å². The van der Waals surface area contributed by atoms with Gasteiger partial charge in [0.05, 0.1) is 21.1 Å². The summed E-state index contributed by atoms with van der Waals surface area (Å²) in [6.07, 6.45) is 5.62. The molecule has 1 saturated heterocycles. The number of anilines is 1. The number of phenolic OH excluding ortho intramolecular Hbond substituents is 1. The van der Waals surface area contributed by atoms with Crippen LogP contribution in [0.5, 0.6) is 5.75 Å². The second-order valence-corrected chi connectivity index (χ2v) is 10.2. The third kappa shape index (κ3) is 4.47. The van der Waals surface area contributed by atoms with Crippen LogP contribution in [-0.2, 0) is 4.79 Å². The molecule has 1 saturated carbocycles. The van der Waals surface area contributed by atoms with Crippen molar-refractivity contribution in [1.82, 2.24) is 24.4 Å². The lowest BCUT2D eigenvalue weighted by molar-refractivity contribution is -0.133. The minimum Gasteiger partial charge on any atom is -0.508 e. The molecule has 8 nitrogen and oxygen atoms in total. The van der Waals surface area contributed by atoms with Gasteiger partial charge in [-0.25, -0.2) is 9.97 Å². The number of phenols is 1. The Kier molecular flexibility index (Phi) is 5.93. The fourth-order valence-corrected chi connectivity index (χ4v) is 5.04. The van der Waals surface area contributed by atoms with E-state index in [0.717, 1.165) is 43.3 Å². The molecule has 1 atom stereocenters. The van der Waals surface area contributed by atoms with Gasteiger partial charge < -0.3 is 15.3 Å². The first kappa shape index (κ1) is 23.1. The van der Waals surface area contributed by atoms with Crippen molar-refractivity contribution in [3.05, 3.63) is 58.7 Å². The zero-order valence-corrected chi connectivity index (χ0v) is 20.9. The van der Waals surface area contributed by atoms with E-state index in [1.165, 1.54) is 0 Å². The summed E-state index contributed by atoms with van der Waals surface area (Å²) in [6.45, 7) is 1.47. The van der Waals surface area contributed by atoms with Gasteiger partial charge in [-0.05, 0) is 62.1 Å². The minimum atomic E-state index is 0.0859. The van der Waals surface area contributed by atoms with Crippen LogP contribution in [0.25, 0.3) is 28.2 Å². The van der Waals surface area contributed by atoms with E-state index in [-0.39, 0.29) is 23.6 Å². The quantitative estimate of drug-likeness (QED) is 0.368. The van der Waals surface area contributed by atoms with Crippen molar-refractivity contribution < 1.29 is 9.90 Å². The number of aromatic nitrogens is 4. The van der Waals surface area contributed by atoms with Crippen molar-refractivity contribution in [2.24, 2.45) is 5.92 Å². The highest BCUT2D eigenvalue weighted by Crippen LogP contribution is 2.34. The van der Waals surface area contributed by atoms with E-state index >= 15 is 0 Å². The highest BCUT2D eigenvalue weighted by Gasteiger charge is 2.35. The number of aromatic hydroxyl groups is 1. The normalized spacial score (nSPS) is 17.9. The first-order valence-corrected chi connectivity index (χ1v) is 12.8. The molecule has 4 aromatic rings. The number of hydrogen-bond acceptors (Lipinski definition) is 6. The zero-order valence-electron chi connectivity index (χ0n) is 19.4. The number of nitrogens with one attached hydrogen (secondary N) is 1. The Hall–Kier alpha value is -3.36. The van der Waals surface area contributed by atoms with Crippen LogP contribution >= 0.6 is 23.2 Å². The number of fused-ring (bicyclic) bond motifs is 1. The lowest BCUT2D eigenvalue weighted by Gasteiger charge is -2.33. The zero-order chi connectivity index (χ0) is 24.8. The Morgan fingerprint density at radius 1 is 1.03 bits per heavy atom.